The largest absolute Gasteiger partial charge is 2.00 e. The molecule has 1 unspecified atom stereocenters. The van der Waals surface area contributed by atoms with Crippen molar-refractivity contribution in [2.45, 2.75) is 12.3 Å². The van der Waals surface area contributed by atoms with Crippen molar-refractivity contribution >= 4 is 34.7 Å². The van der Waals surface area contributed by atoms with Crippen molar-refractivity contribution in [2.75, 3.05) is 0 Å². The molecule has 2 heteroatoms. The van der Waals surface area contributed by atoms with Crippen molar-refractivity contribution in [3.8, 4) is 0 Å². The van der Waals surface area contributed by atoms with E-state index in [0.29, 0.717) is 0 Å². The van der Waals surface area contributed by atoms with E-state index in [0.717, 1.165) is 0 Å². The maximum absolute atomic E-state index is 5.80. The minimum atomic E-state index is 0. The Morgan fingerprint density at radius 3 is 2.10 bits per heavy atom. The van der Waals surface area contributed by atoms with Crippen molar-refractivity contribution in [3.05, 3.63) is 35.9 Å². The molecule has 0 bridgehead atoms. The Kier molecular flexibility index (Phi) is 5.14. The number of hydrogen-bond donors (Lipinski definition) is 0. The van der Waals surface area contributed by atoms with Crippen molar-refractivity contribution in [1.29, 1.82) is 0 Å². The molecule has 1 rings (SSSR count). The van der Waals surface area contributed by atoms with Crippen molar-refractivity contribution in [3.63, 3.8) is 0 Å². The van der Waals surface area contributed by atoms with Gasteiger partial charge in [0.25, 0.3) is 0 Å². The van der Waals surface area contributed by atoms with Gasteiger partial charge in [0.15, 0.2) is 0 Å². The van der Waals surface area contributed by atoms with Gasteiger partial charge in [-0.25, -0.2) is 0 Å². The normalized spacial score (nSPS) is 11.8. The van der Waals surface area contributed by atoms with E-state index in [2.05, 4.69) is 0 Å². The Morgan fingerprint density at radius 2 is 1.80 bits per heavy atom. The molecule has 0 saturated carbocycles. The van der Waals surface area contributed by atoms with Gasteiger partial charge in [-0.1, -0.05) is 30.3 Å². The quantitative estimate of drug-likeness (QED) is 0.445. The number of hydrogen-bond acceptors (Lipinski definition) is 0. The van der Waals surface area contributed by atoms with Crippen LogP contribution in [0, 0.1) is 0 Å². The average Bonchev–Trinajstić information content (AvgIpc) is 1.90. The predicted molar refractivity (Wildman–Crippen MR) is 48.7 cm³/mol. The van der Waals surface area contributed by atoms with Crippen molar-refractivity contribution in [2.24, 2.45) is 0 Å². The number of alkyl halides is 1. The first kappa shape index (κ1) is 10.3. The summed E-state index contributed by atoms with van der Waals surface area (Å²) in [4.78, 5) is 0. The van der Waals surface area contributed by atoms with Gasteiger partial charge in [0.05, 0.1) is 5.38 Å². The summed E-state index contributed by atoms with van der Waals surface area (Å²) in [5, 5.41) is 0.131. The van der Waals surface area contributed by atoms with Gasteiger partial charge in [-0.05, 0) is 12.5 Å². The van der Waals surface area contributed by atoms with E-state index in [9.17, 15) is 0 Å². The molecular weight excluding hydrogens is 156 g/mol. The van der Waals surface area contributed by atoms with E-state index in [4.69, 9.17) is 11.6 Å². The van der Waals surface area contributed by atoms with Gasteiger partial charge in [0.2, 0.25) is 0 Å². The molecule has 0 aliphatic heterocycles. The average molecular weight is 167 g/mol. The molecule has 0 aromatic heterocycles. The second-order valence-corrected chi connectivity index (χ2v) is 2.68. The summed E-state index contributed by atoms with van der Waals surface area (Å²) in [6.45, 7) is 1.97. The summed E-state index contributed by atoms with van der Waals surface area (Å²) in [5.41, 5.74) is 1.18. The minimum Gasteiger partial charge on any atom is -1.00 e. The first-order valence-electron chi connectivity index (χ1n) is 2.99. The molecule has 0 heterocycles. The zero-order valence-electron chi connectivity index (χ0n) is 8.05. The van der Waals surface area contributed by atoms with Gasteiger partial charge in [0, 0.05) is 0 Å². The Balaban J connectivity index is -0.000000270. The zero-order valence-corrected chi connectivity index (χ0v) is 8.22. The summed E-state index contributed by atoms with van der Waals surface area (Å²) >= 11 is 5.80. The molecule has 0 saturated heterocycles. The summed E-state index contributed by atoms with van der Waals surface area (Å²) in [6.07, 6.45) is 0. The van der Waals surface area contributed by atoms with Crippen LogP contribution < -0.4 is 0 Å². The van der Waals surface area contributed by atoms with E-state index in [1.807, 2.05) is 37.3 Å². The van der Waals surface area contributed by atoms with Gasteiger partial charge in [0.1, 0.15) is 0 Å². The number of halogens is 1. The van der Waals surface area contributed by atoms with Crippen LogP contribution in [0.3, 0.4) is 0 Å². The fourth-order valence-corrected chi connectivity index (χ4v) is 0.864. The third kappa shape index (κ3) is 2.91. The first-order chi connectivity index (χ1) is 4.30. The SMILES string of the molecule is CC(Cl)c1ccccc1.[H-].[H-].[Mg+2]. The Bertz CT molecular complexity index is 180. The third-order valence-corrected chi connectivity index (χ3v) is 1.51. The molecule has 52 valence electrons. The van der Waals surface area contributed by atoms with Crippen LogP contribution in [-0.4, -0.2) is 23.1 Å². The molecule has 0 N–H and O–H groups in total. The van der Waals surface area contributed by atoms with E-state index < -0.39 is 0 Å². The molecule has 1 aromatic carbocycles. The van der Waals surface area contributed by atoms with E-state index in [1.54, 1.807) is 0 Å². The minimum absolute atomic E-state index is 0. The van der Waals surface area contributed by atoms with Gasteiger partial charge >= 0.3 is 23.1 Å². The Morgan fingerprint density at radius 1 is 1.30 bits per heavy atom. The molecule has 1 aromatic rings. The van der Waals surface area contributed by atoms with Crippen LogP contribution in [0.4, 0.5) is 0 Å². The molecule has 0 fully saturated rings. The molecule has 0 nitrogen and oxygen atoms in total. The first-order valence-corrected chi connectivity index (χ1v) is 3.43. The smallest absolute Gasteiger partial charge is 1.00 e. The molecule has 0 radical (unpaired) electrons. The summed E-state index contributed by atoms with van der Waals surface area (Å²) in [6, 6.07) is 10.0. The monoisotopic (exact) mass is 166 g/mol. The van der Waals surface area contributed by atoms with Crippen LogP contribution in [-0.2, 0) is 0 Å². The van der Waals surface area contributed by atoms with Crippen LogP contribution in [0.1, 0.15) is 20.7 Å². The number of rotatable bonds is 1. The standard InChI is InChI=1S/C8H9Cl.Mg.2H/c1-7(9)8-5-3-2-4-6-8;;;/h2-7H,1H3;;;/q;+2;2*-1. The predicted octanol–water partition coefficient (Wildman–Crippen LogP) is 2.83. The molecular formula is C8H11ClMg. The van der Waals surface area contributed by atoms with Gasteiger partial charge in [-0.3, -0.25) is 0 Å². The van der Waals surface area contributed by atoms with Crippen molar-refractivity contribution < 1.29 is 2.85 Å². The molecule has 0 amide bonds. The van der Waals surface area contributed by atoms with Crippen LogP contribution >= 0.6 is 11.6 Å². The molecule has 0 aliphatic rings. The summed E-state index contributed by atoms with van der Waals surface area (Å²) < 4.78 is 0. The maximum Gasteiger partial charge on any atom is 2.00 e. The third-order valence-electron chi connectivity index (χ3n) is 1.26. The maximum atomic E-state index is 5.80. The summed E-state index contributed by atoms with van der Waals surface area (Å²) in [7, 11) is 0. The van der Waals surface area contributed by atoms with Gasteiger partial charge < -0.3 is 2.85 Å². The molecule has 10 heavy (non-hydrogen) atoms. The fraction of sp³-hybridized carbons (Fsp3) is 0.250. The molecule has 0 aliphatic carbocycles. The van der Waals surface area contributed by atoms with E-state index in [-0.39, 0.29) is 31.3 Å². The van der Waals surface area contributed by atoms with Gasteiger partial charge in [-0.15, -0.1) is 11.6 Å². The van der Waals surface area contributed by atoms with Crippen LogP contribution in [0.2, 0.25) is 0 Å². The molecule has 0 spiro atoms. The van der Waals surface area contributed by atoms with Crippen LogP contribution in [0.5, 0.6) is 0 Å². The Labute approximate surface area is 85.7 Å². The van der Waals surface area contributed by atoms with E-state index >= 15 is 0 Å². The Hall–Kier alpha value is 0.276. The molecule has 1 atom stereocenters. The fourth-order valence-electron chi connectivity index (χ4n) is 0.718. The topological polar surface area (TPSA) is 0 Å². The van der Waals surface area contributed by atoms with Crippen molar-refractivity contribution in [1.82, 2.24) is 0 Å². The summed E-state index contributed by atoms with van der Waals surface area (Å²) in [5.74, 6) is 0. The zero-order chi connectivity index (χ0) is 6.69. The second-order valence-electron chi connectivity index (χ2n) is 2.03. The van der Waals surface area contributed by atoms with E-state index in [1.165, 1.54) is 5.56 Å². The van der Waals surface area contributed by atoms with Gasteiger partial charge in [-0.2, -0.15) is 0 Å². The number of benzene rings is 1. The van der Waals surface area contributed by atoms with Crippen LogP contribution in [0.25, 0.3) is 0 Å². The van der Waals surface area contributed by atoms with Crippen LogP contribution in [0.15, 0.2) is 30.3 Å². The second kappa shape index (κ2) is 5.00.